The van der Waals surface area contributed by atoms with Crippen LogP contribution in [0.5, 0.6) is 0 Å². The van der Waals surface area contributed by atoms with Gasteiger partial charge in [-0.2, -0.15) is 0 Å². The summed E-state index contributed by atoms with van der Waals surface area (Å²) in [5, 5.41) is 0. The Kier molecular flexibility index (Phi) is 5.32. The van der Waals surface area contributed by atoms with Gasteiger partial charge in [-0.1, -0.05) is 12.8 Å². The summed E-state index contributed by atoms with van der Waals surface area (Å²) in [6.07, 6.45) is 4.48. The van der Waals surface area contributed by atoms with E-state index in [0.717, 1.165) is 12.8 Å². The molecule has 1 aliphatic rings. The van der Waals surface area contributed by atoms with E-state index in [1.54, 1.807) is 6.92 Å². The summed E-state index contributed by atoms with van der Waals surface area (Å²) in [5.41, 5.74) is 0. The second kappa shape index (κ2) is 6.56. The first-order valence-corrected chi connectivity index (χ1v) is 5.51. The lowest BCUT2D eigenvalue weighted by Crippen LogP contribution is -2.19. The average molecular weight is 214 g/mol. The number of ketones is 1. The fourth-order valence-electron chi connectivity index (χ4n) is 1.69. The number of carbonyl (C=O) groups excluding carboxylic acids is 2. The number of rotatable bonds is 6. The molecular weight excluding hydrogens is 196 g/mol. The molecule has 4 nitrogen and oxygen atoms in total. The number of ether oxygens (including phenoxy) is 2. The Balaban J connectivity index is 2.09. The van der Waals surface area contributed by atoms with Crippen LogP contribution in [-0.2, 0) is 19.1 Å². The molecule has 1 rings (SSSR count). The summed E-state index contributed by atoms with van der Waals surface area (Å²) in [6.45, 7) is 2.08. The topological polar surface area (TPSA) is 52.6 Å². The summed E-state index contributed by atoms with van der Waals surface area (Å²) < 4.78 is 10.1. The number of hydrogen-bond donors (Lipinski definition) is 0. The van der Waals surface area contributed by atoms with Crippen molar-refractivity contribution in [3.8, 4) is 0 Å². The predicted molar refractivity (Wildman–Crippen MR) is 54.5 cm³/mol. The molecule has 86 valence electrons. The Morgan fingerprint density at radius 3 is 2.53 bits per heavy atom. The van der Waals surface area contributed by atoms with Crippen molar-refractivity contribution in [1.29, 1.82) is 0 Å². The molecule has 0 aliphatic heterocycles. The molecule has 1 saturated carbocycles. The van der Waals surface area contributed by atoms with E-state index in [2.05, 4.69) is 4.74 Å². The molecule has 0 aromatic rings. The molecule has 0 aromatic carbocycles. The Morgan fingerprint density at radius 2 is 1.93 bits per heavy atom. The van der Waals surface area contributed by atoms with Gasteiger partial charge in [0.25, 0.3) is 0 Å². The van der Waals surface area contributed by atoms with Crippen molar-refractivity contribution in [2.75, 3.05) is 13.2 Å². The number of carbonyl (C=O) groups is 2. The maximum absolute atomic E-state index is 11.3. The number of Topliss-reactive ketones (excluding diaryl/α,β-unsaturated/α-hetero) is 1. The Hall–Kier alpha value is -0.900. The van der Waals surface area contributed by atoms with Crippen molar-refractivity contribution in [3.63, 3.8) is 0 Å². The maximum atomic E-state index is 11.3. The lowest BCUT2D eigenvalue weighted by molar-refractivity contribution is -0.146. The van der Waals surface area contributed by atoms with Crippen LogP contribution in [0.2, 0.25) is 0 Å². The minimum Gasteiger partial charge on any atom is -0.466 e. The largest absolute Gasteiger partial charge is 0.466 e. The van der Waals surface area contributed by atoms with E-state index >= 15 is 0 Å². The van der Waals surface area contributed by atoms with Crippen LogP contribution in [0.15, 0.2) is 0 Å². The first kappa shape index (κ1) is 12.2. The van der Waals surface area contributed by atoms with Crippen LogP contribution >= 0.6 is 0 Å². The Labute approximate surface area is 89.9 Å². The highest BCUT2D eigenvalue weighted by molar-refractivity contribution is 5.96. The average Bonchev–Trinajstić information content (AvgIpc) is 2.67. The fourth-order valence-corrected chi connectivity index (χ4v) is 1.69. The monoisotopic (exact) mass is 214 g/mol. The molecule has 0 radical (unpaired) electrons. The number of hydrogen-bond acceptors (Lipinski definition) is 4. The van der Waals surface area contributed by atoms with E-state index in [4.69, 9.17) is 4.74 Å². The van der Waals surface area contributed by atoms with Crippen molar-refractivity contribution in [3.05, 3.63) is 0 Å². The highest BCUT2D eigenvalue weighted by Gasteiger charge is 2.17. The molecule has 0 N–H and O–H groups in total. The van der Waals surface area contributed by atoms with Gasteiger partial charge in [0.2, 0.25) is 0 Å². The van der Waals surface area contributed by atoms with Gasteiger partial charge in [-0.15, -0.1) is 0 Å². The molecule has 1 fully saturated rings. The Morgan fingerprint density at radius 1 is 1.27 bits per heavy atom. The first-order chi connectivity index (χ1) is 7.22. The zero-order valence-electron chi connectivity index (χ0n) is 9.16. The van der Waals surface area contributed by atoms with E-state index < -0.39 is 5.97 Å². The molecule has 0 saturated heterocycles. The van der Waals surface area contributed by atoms with Crippen LogP contribution < -0.4 is 0 Å². The summed E-state index contributed by atoms with van der Waals surface area (Å²) in [6, 6.07) is 0. The predicted octanol–water partition coefficient (Wildman–Crippen LogP) is 1.47. The molecular formula is C11H18O4. The van der Waals surface area contributed by atoms with Crippen molar-refractivity contribution in [1.82, 2.24) is 0 Å². The molecule has 0 amide bonds. The highest BCUT2D eigenvalue weighted by atomic mass is 16.5. The minimum atomic E-state index is -0.461. The molecule has 0 atom stereocenters. The third kappa shape index (κ3) is 4.93. The van der Waals surface area contributed by atoms with E-state index in [-0.39, 0.29) is 24.9 Å². The van der Waals surface area contributed by atoms with Crippen LogP contribution in [0.1, 0.15) is 39.0 Å². The molecule has 0 unspecified atom stereocenters. The summed E-state index contributed by atoms with van der Waals surface area (Å²) >= 11 is 0. The minimum absolute atomic E-state index is 0.0451. The summed E-state index contributed by atoms with van der Waals surface area (Å²) in [7, 11) is 0. The van der Waals surface area contributed by atoms with Gasteiger partial charge in [0.05, 0.1) is 12.7 Å². The first-order valence-electron chi connectivity index (χ1n) is 5.51. The highest BCUT2D eigenvalue weighted by Crippen LogP contribution is 2.20. The molecule has 0 spiro atoms. The maximum Gasteiger partial charge on any atom is 0.313 e. The van der Waals surface area contributed by atoms with Gasteiger partial charge in [0, 0.05) is 0 Å². The standard InChI is InChI=1S/C11H18O4/c1-2-14-11(13)7-9(12)8-15-10-5-3-4-6-10/h10H,2-8H2,1H3. The van der Waals surface area contributed by atoms with Gasteiger partial charge in [-0.05, 0) is 19.8 Å². The van der Waals surface area contributed by atoms with Crippen molar-refractivity contribution < 1.29 is 19.1 Å². The van der Waals surface area contributed by atoms with Gasteiger partial charge >= 0.3 is 5.97 Å². The van der Waals surface area contributed by atoms with Gasteiger partial charge in [0.15, 0.2) is 5.78 Å². The quantitative estimate of drug-likeness (QED) is 0.496. The Bertz CT molecular complexity index is 219. The van der Waals surface area contributed by atoms with Crippen LogP contribution in [0.3, 0.4) is 0 Å². The summed E-state index contributed by atoms with van der Waals surface area (Å²) in [5.74, 6) is -0.655. The lowest BCUT2D eigenvalue weighted by Gasteiger charge is -2.09. The number of esters is 1. The zero-order valence-corrected chi connectivity index (χ0v) is 9.16. The lowest BCUT2D eigenvalue weighted by atomic mass is 10.3. The molecule has 0 aromatic heterocycles. The van der Waals surface area contributed by atoms with Crippen LogP contribution in [0.4, 0.5) is 0 Å². The molecule has 15 heavy (non-hydrogen) atoms. The van der Waals surface area contributed by atoms with Gasteiger partial charge in [-0.25, -0.2) is 0 Å². The SMILES string of the molecule is CCOC(=O)CC(=O)COC1CCCC1. The second-order valence-corrected chi connectivity index (χ2v) is 3.74. The van der Waals surface area contributed by atoms with E-state index in [9.17, 15) is 9.59 Å². The summed E-state index contributed by atoms with van der Waals surface area (Å²) in [4.78, 5) is 22.2. The van der Waals surface area contributed by atoms with Gasteiger partial charge < -0.3 is 9.47 Å². The van der Waals surface area contributed by atoms with Gasteiger partial charge in [0.1, 0.15) is 13.0 Å². The zero-order chi connectivity index (χ0) is 11.1. The van der Waals surface area contributed by atoms with E-state index in [1.807, 2.05) is 0 Å². The molecule has 0 bridgehead atoms. The normalized spacial score (nSPS) is 16.6. The molecule has 4 heteroatoms. The second-order valence-electron chi connectivity index (χ2n) is 3.74. The van der Waals surface area contributed by atoms with E-state index in [0.29, 0.717) is 6.61 Å². The van der Waals surface area contributed by atoms with Crippen LogP contribution in [0.25, 0.3) is 0 Å². The smallest absolute Gasteiger partial charge is 0.313 e. The van der Waals surface area contributed by atoms with Gasteiger partial charge in [-0.3, -0.25) is 9.59 Å². The third-order valence-electron chi connectivity index (χ3n) is 2.43. The molecule has 0 heterocycles. The van der Waals surface area contributed by atoms with Crippen LogP contribution in [0, 0.1) is 0 Å². The van der Waals surface area contributed by atoms with Crippen molar-refractivity contribution in [2.45, 2.75) is 45.1 Å². The van der Waals surface area contributed by atoms with Crippen molar-refractivity contribution >= 4 is 11.8 Å². The van der Waals surface area contributed by atoms with E-state index in [1.165, 1.54) is 12.8 Å². The van der Waals surface area contributed by atoms with Crippen molar-refractivity contribution in [2.24, 2.45) is 0 Å². The fraction of sp³-hybridized carbons (Fsp3) is 0.818. The third-order valence-corrected chi connectivity index (χ3v) is 2.43. The van der Waals surface area contributed by atoms with Crippen LogP contribution in [-0.4, -0.2) is 31.1 Å². The molecule has 1 aliphatic carbocycles.